The molecule has 1 unspecified atom stereocenters. The summed E-state index contributed by atoms with van der Waals surface area (Å²) in [5, 5.41) is 3.80. The predicted octanol–water partition coefficient (Wildman–Crippen LogP) is 7.22. The van der Waals surface area contributed by atoms with Crippen LogP contribution in [0, 0.1) is 20.8 Å². The van der Waals surface area contributed by atoms with Crippen LogP contribution < -0.4 is 9.13 Å². The summed E-state index contributed by atoms with van der Waals surface area (Å²) < 4.78 is 11.9. The van der Waals surface area contributed by atoms with Gasteiger partial charge in [-0.25, -0.2) is 0 Å². The van der Waals surface area contributed by atoms with E-state index in [0.717, 1.165) is 18.4 Å². The van der Waals surface area contributed by atoms with Gasteiger partial charge in [0.2, 0.25) is 11.4 Å². The number of aryl methyl sites for hydroxylation is 5. The molecular weight excluding hydrogens is 476 g/mol. The zero-order chi connectivity index (χ0) is 26.0. The highest BCUT2D eigenvalue weighted by molar-refractivity contribution is 5.99. The summed E-state index contributed by atoms with van der Waals surface area (Å²) in [7, 11) is 0. The molecule has 1 aliphatic carbocycles. The second-order valence-corrected chi connectivity index (χ2v) is 11.8. The van der Waals surface area contributed by atoms with E-state index in [-0.39, 0.29) is 0 Å². The topological polar surface area (TPSA) is 20.9 Å². The first-order valence-electron chi connectivity index (χ1n) is 14.2. The van der Waals surface area contributed by atoms with E-state index in [9.17, 15) is 0 Å². The van der Waals surface area contributed by atoms with Crippen molar-refractivity contribution in [2.45, 2.75) is 52.1 Å². The summed E-state index contributed by atoms with van der Waals surface area (Å²) in [4.78, 5) is 0. The molecule has 3 heteroatoms. The Balaban J connectivity index is 1.52. The van der Waals surface area contributed by atoms with Gasteiger partial charge in [0.1, 0.15) is 28.0 Å². The van der Waals surface area contributed by atoms with Crippen molar-refractivity contribution in [1.82, 2.24) is 0 Å². The Morgan fingerprint density at radius 3 is 2.44 bits per heavy atom. The highest BCUT2D eigenvalue weighted by Gasteiger charge is 2.67. The van der Waals surface area contributed by atoms with Gasteiger partial charge in [-0.05, 0) is 81.3 Å². The van der Waals surface area contributed by atoms with Crippen molar-refractivity contribution in [2.24, 2.45) is 0 Å². The lowest BCUT2D eigenvalue weighted by Gasteiger charge is -2.18. The predicted molar refractivity (Wildman–Crippen MR) is 154 cm³/mol. The molecule has 188 valence electrons. The van der Waals surface area contributed by atoms with Crippen molar-refractivity contribution in [3.05, 3.63) is 118 Å². The lowest BCUT2D eigenvalue weighted by molar-refractivity contribution is -0.954. The molecule has 0 bridgehead atoms. The minimum Gasteiger partial charge on any atom is -0.460 e. The normalized spacial score (nSPS) is 18.3. The fourth-order valence-corrected chi connectivity index (χ4v) is 7.69. The summed E-state index contributed by atoms with van der Waals surface area (Å²) in [6, 6.07) is 25.3. The lowest BCUT2D eigenvalue weighted by atomic mass is 9.87. The van der Waals surface area contributed by atoms with E-state index in [4.69, 9.17) is 4.42 Å². The summed E-state index contributed by atoms with van der Waals surface area (Å²) in [6.07, 6.45) is 9.36. The molecule has 2 aliphatic heterocycles. The van der Waals surface area contributed by atoms with E-state index in [1.165, 1.54) is 90.7 Å². The number of pyridine rings is 2. The maximum absolute atomic E-state index is 6.82. The Kier molecular flexibility index (Phi) is 4.02. The van der Waals surface area contributed by atoms with E-state index in [1.54, 1.807) is 0 Å². The van der Waals surface area contributed by atoms with E-state index < -0.39 is 5.66 Å². The Morgan fingerprint density at radius 2 is 1.54 bits per heavy atom. The van der Waals surface area contributed by atoms with Gasteiger partial charge in [-0.15, -0.1) is 9.13 Å². The number of rotatable bonds is 0. The van der Waals surface area contributed by atoms with Crippen molar-refractivity contribution in [2.75, 3.05) is 0 Å². The van der Waals surface area contributed by atoms with E-state index >= 15 is 0 Å². The van der Waals surface area contributed by atoms with Crippen LogP contribution in [0.25, 0.3) is 44.3 Å². The third-order valence-corrected chi connectivity index (χ3v) is 9.65. The van der Waals surface area contributed by atoms with Crippen molar-refractivity contribution >= 4 is 21.7 Å². The van der Waals surface area contributed by atoms with Gasteiger partial charge in [0, 0.05) is 40.5 Å². The number of hydrogen-bond acceptors (Lipinski definition) is 1. The molecule has 3 nitrogen and oxygen atoms in total. The Labute approximate surface area is 228 Å². The van der Waals surface area contributed by atoms with Crippen molar-refractivity contribution in [1.29, 1.82) is 0 Å². The third-order valence-electron chi connectivity index (χ3n) is 9.65. The molecule has 5 heterocycles. The van der Waals surface area contributed by atoms with Crippen molar-refractivity contribution < 1.29 is 13.6 Å². The highest BCUT2D eigenvalue weighted by Crippen LogP contribution is 2.51. The second kappa shape index (κ2) is 7.24. The fourth-order valence-electron chi connectivity index (χ4n) is 7.69. The number of hydrogen-bond donors (Lipinski definition) is 0. The van der Waals surface area contributed by atoms with Gasteiger partial charge < -0.3 is 4.42 Å². The van der Waals surface area contributed by atoms with Gasteiger partial charge in [-0.3, -0.25) is 0 Å². The molecule has 3 aromatic carbocycles. The second-order valence-electron chi connectivity index (χ2n) is 11.8. The third kappa shape index (κ3) is 2.54. The maximum atomic E-state index is 6.82. The fraction of sp³-hybridized carbons (Fsp3) is 0.222. The molecule has 0 fully saturated rings. The minimum absolute atomic E-state index is 0.522. The summed E-state index contributed by atoms with van der Waals surface area (Å²) in [5.74, 6) is 1.19. The van der Waals surface area contributed by atoms with Crippen LogP contribution in [0.5, 0.6) is 0 Å². The Hall–Kier alpha value is -4.24. The van der Waals surface area contributed by atoms with E-state index in [0.29, 0.717) is 0 Å². The summed E-state index contributed by atoms with van der Waals surface area (Å²) >= 11 is 0. The molecule has 3 aromatic heterocycles. The Bertz CT molecular complexity index is 2060. The average Bonchev–Trinajstić information content (AvgIpc) is 3.55. The molecule has 3 aliphatic rings. The molecule has 39 heavy (non-hydrogen) atoms. The zero-order valence-corrected chi connectivity index (χ0v) is 22.6. The molecule has 0 amide bonds. The van der Waals surface area contributed by atoms with E-state index in [1.807, 2.05) is 0 Å². The van der Waals surface area contributed by atoms with Crippen LogP contribution in [0.1, 0.15) is 52.0 Å². The monoisotopic (exact) mass is 506 g/mol. The minimum atomic E-state index is -0.522. The van der Waals surface area contributed by atoms with Crippen LogP contribution in [0.2, 0.25) is 0 Å². The SMILES string of the molecule is Cc1ccc2c(c1)C1(c3ccc4c5c(oc4c3-c3cc4ccccc4c[n+]31)CCCC5)[n+]1cc(C)c(C)cc1-2. The van der Waals surface area contributed by atoms with Crippen LogP contribution in [0.3, 0.4) is 0 Å². The van der Waals surface area contributed by atoms with Crippen molar-refractivity contribution in [3.63, 3.8) is 0 Å². The lowest BCUT2D eigenvalue weighted by Crippen LogP contribution is -2.71. The van der Waals surface area contributed by atoms with Gasteiger partial charge in [0.15, 0.2) is 12.4 Å². The first kappa shape index (κ1) is 21.7. The molecule has 1 atom stereocenters. The van der Waals surface area contributed by atoms with Gasteiger partial charge in [-0.1, -0.05) is 29.8 Å². The highest BCUT2D eigenvalue weighted by atomic mass is 16.3. The average molecular weight is 507 g/mol. The standard InChI is InChI=1S/C36H30N2O/c1-21-12-13-28-30(16-21)36(37-19-23(3)22(2)17-31(28)37)29-15-14-27-26-10-6-7-11-33(26)39-35(27)34(29)32-18-24-8-4-5-9-25(24)20-38(32)36/h4-5,8-9,12-20H,6-7,10-11H2,1-3H3/q+2. The number of nitrogens with zero attached hydrogens (tertiary/aromatic N) is 2. The molecule has 0 saturated carbocycles. The van der Waals surface area contributed by atoms with Gasteiger partial charge >= 0.3 is 5.66 Å². The molecule has 0 saturated heterocycles. The molecule has 0 radical (unpaired) electrons. The summed E-state index contributed by atoms with van der Waals surface area (Å²) in [6.45, 7) is 6.67. The van der Waals surface area contributed by atoms with Crippen LogP contribution in [-0.4, -0.2) is 0 Å². The van der Waals surface area contributed by atoms with Gasteiger partial charge in [0.25, 0.3) is 0 Å². The zero-order valence-electron chi connectivity index (χ0n) is 22.6. The van der Waals surface area contributed by atoms with Crippen molar-refractivity contribution in [3.8, 4) is 22.5 Å². The number of aromatic nitrogens is 2. The van der Waals surface area contributed by atoms with Crippen LogP contribution in [0.15, 0.2) is 83.5 Å². The number of furan rings is 1. The number of fused-ring (bicyclic) bond motifs is 15. The van der Waals surface area contributed by atoms with Crippen LogP contribution >= 0.6 is 0 Å². The molecule has 0 N–H and O–H groups in total. The summed E-state index contributed by atoms with van der Waals surface area (Å²) in [5.41, 5.74) is 13.6. The largest absolute Gasteiger partial charge is 0.460 e. The first-order valence-corrected chi connectivity index (χ1v) is 14.2. The maximum Gasteiger partial charge on any atom is 0.417 e. The molecular formula is C36H30N2O+2. The van der Waals surface area contributed by atoms with Gasteiger partial charge in [-0.2, -0.15) is 0 Å². The first-order chi connectivity index (χ1) is 19.1. The molecule has 1 spiro atoms. The smallest absolute Gasteiger partial charge is 0.417 e. The molecule has 6 aromatic rings. The van der Waals surface area contributed by atoms with Gasteiger partial charge in [0.05, 0.1) is 5.56 Å². The van der Waals surface area contributed by atoms with Crippen LogP contribution in [0.4, 0.5) is 0 Å². The number of benzene rings is 3. The Morgan fingerprint density at radius 1 is 0.718 bits per heavy atom. The molecule has 9 rings (SSSR count). The quantitative estimate of drug-likeness (QED) is 0.199. The van der Waals surface area contributed by atoms with Crippen LogP contribution in [-0.2, 0) is 18.5 Å². The van der Waals surface area contributed by atoms with E-state index in [2.05, 4.69) is 109 Å².